The van der Waals surface area contributed by atoms with Crippen molar-refractivity contribution in [2.45, 2.75) is 20.0 Å². The normalized spacial score (nSPS) is 10.5. The van der Waals surface area contributed by atoms with E-state index in [0.29, 0.717) is 22.4 Å². The molecule has 0 aliphatic heterocycles. The lowest BCUT2D eigenvalue weighted by Gasteiger charge is -2.14. The van der Waals surface area contributed by atoms with Gasteiger partial charge in [-0.3, -0.25) is 4.79 Å². The summed E-state index contributed by atoms with van der Waals surface area (Å²) in [4.78, 5) is 21.0. The summed E-state index contributed by atoms with van der Waals surface area (Å²) in [7, 11) is 0. The van der Waals surface area contributed by atoms with Crippen LogP contribution in [-0.4, -0.2) is 22.0 Å². The number of nitrogens with zero attached hydrogens (tertiary/aromatic N) is 2. The molecule has 27 heavy (non-hydrogen) atoms. The predicted molar refractivity (Wildman–Crippen MR) is 107 cm³/mol. The fraction of sp³-hybridized carbons (Fsp3) is 0.150. The van der Waals surface area contributed by atoms with Gasteiger partial charge in [-0.15, -0.1) is 0 Å². The van der Waals surface area contributed by atoms with Crippen molar-refractivity contribution in [2.24, 2.45) is 0 Å². The lowest BCUT2D eigenvalue weighted by atomic mass is 10.2. The summed E-state index contributed by atoms with van der Waals surface area (Å²) in [5.74, 6) is 0.572. The molecule has 0 saturated carbocycles. The first-order valence-corrected chi connectivity index (χ1v) is 8.82. The van der Waals surface area contributed by atoms with E-state index < -0.39 is 0 Å². The number of anilines is 3. The molecule has 1 aromatic heterocycles. The lowest BCUT2D eigenvalue weighted by Crippen LogP contribution is -2.16. The Balaban J connectivity index is 1.75. The fourth-order valence-corrected chi connectivity index (χ4v) is 2.45. The van der Waals surface area contributed by atoms with Crippen molar-refractivity contribution < 1.29 is 9.53 Å². The highest BCUT2D eigenvalue weighted by molar-refractivity contribution is 6.30. The molecule has 1 heterocycles. The van der Waals surface area contributed by atoms with Gasteiger partial charge in [-0.1, -0.05) is 23.7 Å². The monoisotopic (exact) mass is 382 g/mol. The summed E-state index contributed by atoms with van der Waals surface area (Å²) in [5, 5.41) is 6.51. The van der Waals surface area contributed by atoms with Gasteiger partial charge in [0.2, 0.25) is 5.95 Å². The molecule has 0 bridgehead atoms. The number of nitrogens with one attached hydrogen (secondary N) is 2. The third-order valence-corrected chi connectivity index (χ3v) is 3.74. The summed E-state index contributed by atoms with van der Waals surface area (Å²) in [6.45, 7) is 3.86. The molecule has 7 heteroatoms. The molecule has 0 aliphatic carbocycles. The maximum Gasteiger partial charge on any atom is 0.274 e. The Hall–Kier alpha value is -3.12. The van der Waals surface area contributed by atoms with E-state index in [1.165, 1.54) is 6.20 Å². The minimum atomic E-state index is -0.351. The van der Waals surface area contributed by atoms with Gasteiger partial charge in [-0.2, -0.15) is 0 Å². The molecule has 0 aliphatic rings. The lowest BCUT2D eigenvalue weighted by molar-refractivity contribution is 0.102. The quantitative estimate of drug-likeness (QED) is 0.633. The predicted octanol–water partition coefficient (Wildman–Crippen LogP) is 4.91. The van der Waals surface area contributed by atoms with E-state index in [9.17, 15) is 4.79 Å². The molecule has 138 valence electrons. The van der Waals surface area contributed by atoms with Crippen LogP contribution >= 0.6 is 11.6 Å². The van der Waals surface area contributed by atoms with Gasteiger partial charge in [0.05, 0.1) is 11.8 Å². The summed E-state index contributed by atoms with van der Waals surface area (Å²) in [6, 6.07) is 15.9. The van der Waals surface area contributed by atoms with E-state index in [1.807, 2.05) is 32.0 Å². The van der Waals surface area contributed by atoms with E-state index >= 15 is 0 Å². The number of ether oxygens (including phenoxy) is 1. The first-order chi connectivity index (χ1) is 13.0. The second-order valence-corrected chi connectivity index (χ2v) is 6.45. The summed E-state index contributed by atoms with van der Waals surface area (Å²) < 4.78 is 5.72. The van der Waals surface area contributed by atoms with Gasteiger partial charge in [-0.05, 0) is 56.3 Å². The molecule has 2 N–H and O–H groups in total. The molecule has 0 spiro atoms. The van der Waals surface area contributed by atoms with Gasteiger partial charge in [0.25, 0.3) is 5.91 Å². The van der Waals surface area contributed by atoms with Gasteiger partial charge in [0.15, 0.2) is 0 Å². The van der Waals surface area contributed by atoms with Crippen molar-refractivity contribution in [3.63, 3.8) is 0 Å². The highest BCUT2D eigenvalue weighted by Crippen LogP contribution is 2.25. The maximum absolute atomic E-state index is 12.6. The Morgan fingerprint density at radius 3 is 2.56 bits per heavy atom. The van der Waals surface area contributed by atoms with Crippen LogP contribution < -0.4 is 15.4 Å². The average Bonchev–Trinajstić information content (AvgIpc) is 2.65. The number of amides is 1. The van der Waals surface area contributed by atoms with Crippen LogP contribution in [0.4, 0.5) is 17.3 Å². The van der Waals surface area contributed by atoms with Crippen LogP contribution in [0, 0.1) is 0 Å². The molecule has 3 rings (SSSR count). The highest BCUT2D eigenvalue weighted by Gasteiger charge is 2.13. The van der Waals surface area contributed by atoms with E-state index in [1.54, 1.807) is 36.4 Å². The second-order valence-electron chi connectivity index (χ2n) is 6.01. The first kappa shape index (κ1) is 18.7. The largest absolute Gasteiger partial charge is 0.489 e. The van der Waals surface area contributed by atoms with Crippen LogP contribution in [0.1, 0.15) is 24.3 Å². The van der Waals surface area contributed by atoms with Crippen molar-refractivity contribution in [3.05, 3.63) is 71.5 Å². The van der Waals surface area contributed by atoms with Gasteiger partial charge in [0, 0.05) is 16.9 Å². The number of carbonyl (C=O) groups excluding carboxylic acids is 1. The molecule has 0 radical (unpaired) electrons. The van der Waals surface area contributed by atoms with Crippen LogP contribution in [0.2, 0.25) is 5.02 Å². The molecule has 0 unspecified atom stereocenters. The molecular weight excluding hydrogens is 364 g/mol. The standard InChI is InChI=1S/C20H19ClN4O2/c1-13(2)27-18-6-4-3-5-16(18)24-19(26)17-11-12-22-20(25-17)23-15-9-7-14(21)8-10-15/h3-13H,1-2H3,(H,24,26)(H,22,23,25). The number of para-hydroxylation sites is 2. The Labute approximate surface area is 162 Å². The average molecular weight is 383 g/mol. The Morgan fingerprint density at radius 2 is 1.81 bits per heavy atom. The molecule has 1 amide bonds. The zero-order valence-electron chi connectivity index (χ0n) is 14.9. The van der Waals surface area contributed by atoms with Crippen LogP contribution in [0.25, 0.3) is 0 Å². The number of hydrogen-bond acceptors (Lipinski definition) is 5. The van der Waals surface area contributed by atoms with Gasteiger partial charge in [0.1, 0.15) is 11.4 Å². The zero-order chi connectivity index (χ0) is 19.2. The molecule has 0 atom stereocenters. The van der Waals surface area contributed by atoms with E-state index in [4.69, 9.17) is 16.3 Å². The van der Waals surface area contributed by atoms with E-state index in [0.717, 1.165) is 5.69 Å². The van der Waals surface area contributed by atoms with Gasteiger partial charge < -0.3 is 15.4 Å². The number of carbonyl (C=O) groups is 1. The highest BCUT2D eigenvalue weighted by atomic mass is 35.5. The van der Waals surface area contributed by atoms with Crippen LogP contribution in [0.5, 0.6) is 5.75 Å². The summed E-state index contributed by atoms with van der Waals surface area (Å²) >= 11 is 5.88. The Morgan fingerprint density at radius 1 is 1.07 bits per heavy atom. The van der Waals surface area contributed by atoms with Gasteiger partial charge >= 0.3 is 0 Å². The number of benzene rings is 2. The molecule has 0 saturated heterocycles. The first-order valence-electron chi connectivity index (χ1n) is 8.44. The molecule has 3 aromatic rings. The van der Waals surface area contributed by atoms with Crippen LogP contribution in [0.3, 0.4) is 0 Å². The summed E-state index contributed by atoms with van der Waals surface area (Å²) in [5.41, 5.74) is 1.59. The Bertz CT molecular complexity index is 929. The topological polar surface area (TPSA) is 76.1 Å². The number of hydrogen-bond donors (Lipinski definition) is 2. The number of aromatic nitrogens is 2. The van der Waals surface area contributed by atoms with Crippen LogP contribution in [0.15, 0.2) is 60.8 Å². The van der Waals surface area contributed by atoms with Crippen molar-refractivity contribution >= 4 is 34.8 Å². The van der Waals surface area contributed by atoms with Gasteiger partial charge in [-0.25, -0.2) is 9.97 Å². The minimum absolute atomic E-state index is 0.00252. The van der Waals surface area contributed by atoms with E-state index in [2.05, 4.69) is 20.6 Å². The molecule has 6 nitrogen and oxygen atoms in total. The second kappa shape index (κ2) is 8.51. The zero-order valence-corrected chi connectivity index (χ0v) is 15.7. The third-order valence-electron chi connectivity index (χ3n) is 3.49. The summed E-state index contributed by atoms with van der Waals surface area (Å²) in [6.07, 6.45) is 1.52. The maximum atomic E-state index is 12.6. The molecule has 2 aromatic carbocycles. The Kier molecular flexibility index (Phi) is 5.88. The molecule has 0 fully saturated rings. The van der Waals surface area contributed by atoms with Crippen molar-refractivity contribution in [2.75, 3.05) is 10.6 Å². The van der Waals surface area contributed by atoms with E-state index in [-0.39, 0.29) is 17.7 Å². The SMILES string of the molecule is CC(C)Oc1ccccc1NC(=O)c1ccnc(Nc2ccc(Cl)cc2)n1. The number of rotatable bonds is 6. The minimum Gasteiger partial charge on any atom is -0.489 e. The van der Waals surface area contributed by atoms with Crippen LogP contribution in [-0.2, 0) is 0 Å². The number of halogens is 1. The smallest absolute Gasteiger partial charge is 0.274 e. The van der Waals surface area contributed by atoms with Crippen molar-refractivity contribution in [1.82, 2.24) is 9.97 Å². The molecular formula is C20H19ClN4O2. The van der Waals surface area contributed by atoms with Crippen molar-refractivity contribution in [3.8, 4) is 5.75 Å². The fourth-order valence-electron chi connectivity index (χ4n) is 2.32. The third kappa shape index (κ3) is 5.18. The van der Waals surface area contributed by atoms with Crippen molar-refractivity contribution in [1.29, 1.82) is 0 Å².